The molecule has 0 unspecified atom stereocenters. The van der Waals surface area contributed by atoms with Gasteiger partial charge in [-0.1, -0.05) is 284 Å². The molecule has 0 aliphatic rings. The molecule has 0 heterocycles. The van der Waals surface area contributed by atoms with Crippen LogP contribution in [0.2, 0.25) is 0 Å². The molecule has 0 fully saturated rings. The molecule has 0 aromatic heterocycles. The summed E-state index contributed by atoms with van der Waals surface area (Å²) >= 11 is 0. The third kappa shape index (κ3) is 49.4. The number of ether oxygens (including phenoxy) is 3. The van der Waals surface area contributed by atoms with Crippen molar-refractivity contribution in [2.24, 2.45) is 0 Å². The highest BCUT2D eigenvalue weighted by Crippen LogP contribution is 2.17. The van der Waals surface area contributed by atoms with Gasteiger partial charge in [0.25, 0.3) is 0 Å². The minimum Gasteiger partial charge on any atom is -0.462 e. The standard InChI is InChI=1S/C56H108O6/c1-4-7-10-13-16-19-21-23-25-27-28-29-31-32-34-37-40-43-46-49-55(58)61-52-53(51-60-54(57)48-45-42-39-36-18-15-12-9-6-3)62-56(59)50-47-44-41-38-35-33-30-26-24-22-20-17-14-11-8-5-2/h53H,4-52H2,1-3H3/t53-/m0/s1. The first kappa shape index (κ1) is 60.4. The van der Waals surface area contributed by atoms with Crippen LogP contribution in [-0.2, 0) is 28.6 Å². The molecule has 0 saturated carbocycles. The molecule has 0 radical (unpaired) electrons. The summed E-state index contributed by atoms with van der Waals surface area (Å²) in [4.78, 5) is 38.0. The van der Waals surface area contributed by atoms with Crippen LogP contribution in [0, 0.1) is 0 Å². The molecule has 0 saturated heterocycles. The molecule has 0 aliphatic carbocycles. The summed E-state index contributed by atoms with van der Waals surface area (Å²) in [5.74, 6) is -0.839. The first-order chi connectivity index (χ1) is 30.5. The normalized spacial score (nSPS) is 11.9. The minimum atomic E-state index is -0.760. The topological polar surface area (TPSA) is 78.9 Å². The van der Waals surface area contributed by atoms with Crippen molar-refractivity contribution >= 4 is 17.9 Å². The summed E-state index contributed by atoms with van der Waals surface area (Å²) < 4.78 is 16.8. The van der Waals surface area contributed by atoms with E-state index in [9.17, 15) is 14.4 Å². The lowest BCUT2D eigenvalue weighted by atomic mass is 10.0. The Labute approximate surface area is 387 Å². The highest BCUT2D eigenvalue weighted by molar-refractivity contribution is 5.71. The Morgan fingerprint density at radius 1 is 0.258 bits per heavy atom. The molecule has 6 nitrogen and oxygen atoms in total. The molecule has 0 N–H and O–H groups in total. The van der Waals surface area contributed by atoms with Crippen molar-refractivity contribution in [3.8, 4) is 0 Å². The van der Waals surface area contributed by atoms with Crippen LogP contribution >= 0.6 is 0 Å². The average Bonchev–Trinajstić information content (AvgIpc) is 3.27. The SMILES string of the molecule is CCCCCCCCCCCCCCCCCCCCCC(=O)OC[C@H](COC(=O)CCCCCCCCCCC)OC(=O)CCCCCCCCCCCCCCCCCC. The molecular weight excluding hydrogens is 769 g/mol. The molecule has 1 atom stereocenters. The van der Waals surface area contributed by atoms with Crippen LogP contribution in [-0.4, -0.2) is 37.2 Å². The second kappa shape index (κ2) is 52.0. The van der Waals surface area contributed by atoms with Gasteiger partial charge in [-0.3, -0.25) is 14.4 Å². The zero-order valence-electron chi connectivity index (χ0n) is 42.2. The third-order valence-electron chi connectivity index (χ3n) is 12.9. The van der Waals surface area contributed by atoms with E-state index in [1.807, 2.05) is 0 Å². The summed E-state index contributed by atoms with van der Waals surface area (Å²) in [6.45, 7) is 6.68. The van der Waals surface area contributed by atoms with Crippen molar-refractivity contribution < 1.29 is 28.6 Å². The van der Waals surface area contributed by atoms with Crippen molar-refractivity contribution in [3.05, 3.63) is 0 Å². The average molecular weight is 877 g/mol. The van der Waals surface area contributed by atoms with Gasteiger partial charge in [0, 0.05) is 19.3 Å². The van der Waals surface area contributed by atoms with Crippen LogP contribution < -0.4 is 0 Å². The highest BCUT2D eigenvalue weighted by Gasteiger charge is 2.19. The van der Waals surface area contributed by atoms with Gasteiger partial charge in [0.15, 0.2) is 6.10 Å². The molecule has 0 rings (SSSR count). The van der Waals surface area contributed by atoms with Crippen molar-refractivity contribution in [1.82, 2.24) is 0 Å². The lowest BCUT2D eigenvalue weighted by Gasteiger charge is -2.18. The number of rotatable bonds is 52. The van der Waals surface area contributed by atoms with Gasteiger partial charge < -0.3 is 14.2 Å². The molecule has 6 heteroatoms. The Kier molecular flexibility index (Phi) is 50.7. The number of unbranched alkanes of at least 4 members (excludes halogenated alkanes) is 41. The van der Waals surface area contributed by atoms with Gasteiger partial charge in [-0.05, 0) is 19.3 Å². The fourth-order valence-electron chi connectivity index (χ4n) is 8.62. The van der Waals surface area contributed by atoms with Crippen LogP contribution in [0.15, 0.2) is 0 Å². The Hall–Kier alpha value is -1.59. The second-order valence-corrected chi connectivity index (χ2v) is 19.2. The lowest BCUT2D eigenvalue weighted by Crippen LogP contribution is -2.30. The summed E-state index contributed by atoms with van der Waals surface area (Å²) in [7, 11) is 0. The smallest absolute Gasteiger partial charge is 0.306 e. The predicted octanol–water partition coefficient (Wildman–Crippen LogP) is 18.4. The maximum atomic E-state index is 12.8. The van der Waals surface area contributed by atoms with Gasteiger partial charge in [-0.25, -0.2) is 0 Å². The van der Waals surface area contributed by atoms with Gasteiger partial charge in [0.1, 0.15) is 13.2 Å². The summed E-state index contributed by atoms with van der Waals surface area (Å²) in [6.07, 6.45) is 56.7. The summed E-state index contributed by atoms with van der Waals surface area (Å²) in [5.41, 5.74) is 0. The maximum absolute atomic E-state index is 12.8. The quantitative estimate of drug-likeness (QED) is 0.0344. The van der Waals surface area contributed by atoms with Gasteiger partial charge in [-0.15, -0.1) is 0 Å². The first-order valence-electron chi connectivity index (χ1n) is 28.0. The Morgan fingerprint density at radius 3 is 0.645 bits per heavy atom. The largest absolute Gasteiger partial charge is 0.462 e. The van der Waals surface area contributed by atoms with Gasteiger partial charge in [0.2, 0.25) is 0 Å². The van der Waals surface area contributed by atoms with E-state index in [1.165, 1.54) is 225 Å². The third-order valence-corrected chi connectivity index (χ3v) is 12.9. The van der Waals surface area contributed by atoms with E-state index in [1.54, 1.807) is 0 Å². The van der Waals surface area contributed by atoms with E-state index in [-0.39, 0.29) is 31.1 Å². The molecular formula is C56H108O6. The first-order valence-corrected chi connectivity index (χ1v) is 28.0. The number of carbonyl (C=O) groups is 3. The van der Waals surface area contributed by atoms with Crippen molar-refractivity contribution in [2.75, 3.05) is 13.2 Å². The Bertz CT molecular complexity index is 920. The molecule has 0 aromatic rings. The van der Waals surface area contributed by atoms with Crippen molar-refractivity contribution in [1.29, 1.82) is 0 Å². The number of hydrogen-bond acceptors (Lipinski definition) is 6. The monoisotopic (exact) mass is 877 g/mol. The maximum Gasteiger partial charge on any atom is 0.306 e. The Balaban J connectivity index is 4.20. The van der Waals surface area contributed by atoms with Gasteiger partial charge in [0.05, 0.1) is 0 Å². The number of carbonyl (C=O) groups excluding carboxylic acids is 3. The molecule has 368 valence electrons. The summed E-state index contributed by atoms with van der Waals surface area (Å²) in [5, 5.41) is 0. The van der Waals surface area contributed by atoms with Crippen LogP contribution in [0.3, 0.4) is 0 Å². The summed E-state index contributed by atoms with van der Waals surface area (Å²) in [6, 6.07) is 0. The van der Waals surface area contributed by atoms with Gasteiger partial charge in [-0.2, -0.15) is 0 Å². The van der Waals surface area contributed by atoms with Crippen molar-refractivity contribution in [2.45, 2.75) is 329 Å². The molecule has 62 heavy (non-hydrogen) atoms. The van der Waals surface area contributed by atoms with E-state index >= 15 is 0 Å². The zero-order valence-corrected chi connectivity index (χ0v) is 42.2. The predicted molar refractivity (Wildman–Crippen MR) is 266 cm³/mol. The fraction of sp³-hybridized carbons (Fsp3) is 0.946. The van der Waals surface area contributed by atoms with Crippen LogP contribution in [0.4, 0.5) is 0 Å². The molecule has 0 spiro atoms. The van der Waals surface area contributed by atoms with Crippen molar-refractivity contribution in [3.63, 3.8) is 0 Å². The molecule has 0 aliphatic heterocycles. The molecule has 0 bridgehead atoms. The molecule has 0 aromatic carbocycles. The highest BCUT2D eigenvalue weighted by atomic mass is 16.6. The van der Waals surface area contributed by atoms with E-state index in [2.05, 4.69) is 20.8 Å². The fourth-order valence-corrected chi connectivity index (χ4v) is 8.62. The van der Waals surface area contributed by atoms with E-state index in [0.29, 0.717) is 19.3 Å². The number of hydrogen-bond donors (Lipinski definition) is 0. The van der Waals surface area contributed by atoms with Crippen LogP contribution in [0.1, 0.15) is 323 Å². The zero-order chi connectivity index (χ0) is 45.1. The van der Waals surface area contributed by atoms with E-state index < -0.39 is 6.10 Å². The number of esters is 3. The van der Waals surface area contributed by atoms with Gasteiger partial charge >= 0.3 is 17.9 Å². The van der Waals surface area contributed by atoms with E-state index in [0.717, 1.165) is 57.8 Å². The van der Waals surface area contributed by atoms with Crippen LogP contribution in [0.5, 0.6) is 0 Å². The second-order valence-electron chi connectivity index (χ2n) is 19.2. The lowest BCUT2D eigenvalue weighted by molar-refractivity contribution is -0.167. The van der Waals surface area contributed by atoms with E-state index in [4.69, 9.17) is 14.2 Å². The van der Waals surface area contributed by atoms with Crippen LogP contribution in [0.25, 0.3) is 0 Å². The minimum absolute atomic E-state index is 0.0615. The molecule has 0 amide bonds. The Morgan fingerprint density at radius 2 is 0.435 bits per heavy atom.